The zero-order valence-corrected chi connectivity index (χ0v) is 23.2. The number of imidazole rings is 1. The maximum absolute atomic E-state index is 13.5. The van der Waals surface area contributed by atoms with Crippen LogP contribution >= 0.6 is 0 Å². The highest BCUT2D eigenvalue weighted by Gasteiger charge is 2.31. The first-order valence-corrected chi connectivity index (χ1v) is 13.3. The lowest BCUT2D eigenvalue weighted by atomic mass is 9.88. The number of hydrogen-bond donors (Lipinski definition) is 5. The van der Waals surface area contributed by atoms with E-state index in [-0.39, 0.29) is 12.8 Å². The first-order chi connectivity index (χ1) is 19.0. The number of aliphatic hydroxyl groups is 1. The van der Waals surface area contributed by atoms with Gasteiger partial charge in [0.05, 0.1) is 12.1 Å². The molecule has 0 aliphatic heterocycles. The van der Waals surface area contributed by atoms with Gasteiger partial charge in [0.1, 0.15) is 17.5 Å². The third-order valence-corrected chi connectivity index (χ3v) is 6.30. The van der Waals surface area contributed by atoms with Gasteiger partial charge in [0.15, 0.2) is 0 Å². The summed E-state index contributed by atoms with van der Waals surface area (Å²) in [6.45, 7) is 5.27. The van der Waals surface area contributed by atoms with Gasteiger partial charge in [-0.1, -0.05) is 60.7 Å². The fraction of sp³-hybridized carbons (Fsp3) is 0.400. The first-order valence-electron chi connectivity index (χ1n) is 13.3. The number of aromatic nitrogens is 2. The number of carbonyl (C=O) groups excluding carboxylic acids is 3. The molecule has 0 aliphatic carbocycles. The number of H-pyrrole nitrogens is 1. The minimum absolute atomic E-state index is 0.0141. The molecule has 214 valence electrons. The fourth-order valence-electron chi connectivity index (χ4n) is 4.36. The van der Waals surface area contributed by atoms with Crippen LogP contribution in [0.4, 0.5) is 4.79 Å². The number of hydrogen-bond acceptors (Lipinski definition) is 6. The lowest BCUT2D eigenvalue weighted by Gasteiger charge is -2.29. The van der Waals surface area contributed by atoms with E-state index in [1.165, 1.54) is 0 Å². The van der Waals surface area contributed by atoms with E-state index in [9.17, 15) is 19.5 Å². The fourth-order valence-corrected chi connectivity index (χ4v) is 4.36. The summed E-state index contributed by atoms with van der Waals surface area (Å²) in [5, 5.41) is 16.9. The Bertz CT molecular complexity index is 1210. The van der Waals surface area contributed by atoms with E-state index < -0.39 is 47.6 Å². The van der Waals surface area contributed by atoms with Crippen LogP contribution < -0.4 is 16.4 Å². The monoisotopic (exact) mass is 549 g/mol. The van der Waals surface area contributed by atoms with Gasteiger partial charge in [-0.15, -0.1) is 0 Å². The van der Waals surface area contributed by atoms with Crippen molar-refractivity contribution in [2.45, 2.75) is 70.2 Å². The molecule has 0 spiro atoms. The summed E-state index contributed by atoms with van der Waals surface area (Å²) < 4.78 is 5.43. The number of aromatic amines is 1. The Balaban J connectivity index is 1.81. The highest BCUT2D eigenvalue weighted by atomic mass is 16.6. The Kier molecular flexibility index (Phi) is 10.8. The Labute approximate surface area is 234 Å². The molecule has 0 saturated heterocycles. The number of amides is 3. The minimum Gasteiger partial charge on any atom is -0.444 e. The van der Waals surface area contributed by atoms with E-state index in [2.05, 4.69) is 20.6 Å². The van der Waals surface area contributed by atoms with Crippen molar-refractivity contribution in [2.24, 2.45) is 11.7 Å². The molecular weight excluding hydrogens is 510 g/mol. The summed E-state index contributed by atoms with van der Waals surface area (Å²) in [5.41, 5.74) is 6.65. The second-order valence-corrected chi connectivity index (χ2v) is 10.8. The number of nitrogens with two attached hydrogens (primary N) is 1. The molecule has 3 aromatic rings. The van der Waals surface area contributed by atoms with E-state index in [0.717, 1.165) is 11.1 Å². The average molecular weight is 550 g/mol. The number of nitrogens with one attached hydrogen (secondary N) is 3. The molecular formula is C30H39N5O5. The average Bonchev–Trinajstić information content (AvgIpc) is 3.41. The molecule has 6 N–H and O–H groups in total. The van der Waals surface area contributed by atoms with Crippen LogP contribution in [-0.4, -0.2) is 56.8 Å². The van der Waals surface area contributed by atoms with Crippen molar-refractivity contribution < 1.29 is 24.2 Å². The van der Waals surface area contributed by atoms with Crippen LogP contribution in [0.15, 0.2) is 73.1 Å². The number of benzene rings is 2. The van der Waals surface area contributed by atoms with Crippen LogP contribution in [0.2, 0.25) is 0 Å². The minimum atomic E-state index is -1.11. The van der Waals surface area contributed by atoms with E-state index >= 15 is 0 Å². The van der Waals surface area contributed by atoms with Gasteiger partial charge in [0.25, 0.3) is 0 Å². The number of nitrogens with zero attached hydrogens (tertiary/aromatic N) is 1. The number of primary amides is 1. The predicted octanol–water partition coefficient (Wildman–Crippen LogP) is 2.67. The SMILES string of the molecule is CC(C)(C)OC(=O)N[C@@H](Cc1ccccc1)[C@@H](O)C[C@H](Cc1ccccc1)C(=O)N[C@@H](Cc1ncc[nH]1)C(N)=O. The number of alkyl carbamates (subject to hydrolysis) is 1. The van der Waals surface area contributed by atoms with Gasteiger partial charge in [-0.2, -0.15) is 0 Å². The van der Waals surface area contributed by atoms with Crippen LogP contribution in [-0.2, 0) is 33.6 Å². The molecule has 3 amide bonds. The molecule has 10 heteroatoms. The molecule has 2 aromatic carbocycles. The lowest BCUT2D eigenvalue weighted by molar-refractivity contribution is -0.130. The van der Waals surface area contributed by atoms with E-state index in [1.807, 2.05) is 60.7 Å². The van der Waals surface area contributed by atoms with E-state index in [1.54, 1.807) is 33.2 Å². The number of aliphatic hydroxyl groups excluding tert-OH is 1. The van der Waals surface area contributed by atoms with E-state index in [4.69, 9.17) is 10.5 Å². The quantitative estimate of drug-likeness (QED) is 0.220. The molecule has 10 nitrogen and oxygen atoms in total. The maximum Gasteiger partial charge on any atom is 0.407 e. The van der Waals surface area contributed by atoms with Crippen LogP contribution in [0.25, 0.3) is 0 Å². The second kappa shape index (κ2) is 14.3. The van der Waals surface area contributed by atoms with Crippen LogP contribution in [0, 0.1) is 5.92 Å². The summed E-state index contributed by atoms with van der Waals surface area (Å²) in [4.78, 5) is 45.4. The van der Waals surface area contributed by atoms with Gasteiger partial charge < -0.3 is 31.2 Å². The molecule has 0 radical (unpaired) electrons. The van der Waals surface area contributed by atoms with E-state index in [0.29, 0.717) is 18.7 Å². The third kappa shape index (κ3) is 10.2. The molecule has 0 fully saturated rings. The van der Waals surface area contributed by atoms with Crippen molar-refractivity contribution in [1.29, 1.82) is 0 Å². The van der Waals surface area contributed by atoms with Crippen molar-refractivity contribution in [2.75, 3.05) is 0 Å². The second-order valence-electron chi connectivity index (χ2n) is 10.8. The summed E-state index contributed by atoms with van der Waals surface area (Å²) in [6, 6.07) is 17.1. The molecule has 1 heterocycles. The largest absolute Gasteiger partial charge is 0.444 e. The first kappa shape index (κ1) is 30.4. The maximum atomic E-state index is 13.5. The lowest BCUT2D eigenvalue weighted by Crippen LogP contribution is -2.51. The van der Waals surface area contributed by atoms with Gasteiger partial charge in [-0.05, 0) is 51.2 Å². The highest BCUT2D eigenvalue weighted by Crippen LogP contribution is 2.20. The molecule has 40 heavy (non-hydrogen) atoms. The predicted molar refractivity (Wildman–Crippen MR) is 151 cm³/mol. The third-order valence-electron chi connectivity index (χ3n) is 6.30. The Morgan fingerprint density at radius 3 is 2.08 bits per heavy atom. The summed E-state index contributed by atoms with van der Waals surface area (Å²) in [5.74, 6) is -1.35. The summed E-state index contributed by atoms with van der Waals surface area (Å²) >= 11 is 0. The molecule has 0 aliphatic rings. The Morgan fingerprint density at radius 1 is 0.950 bits per heavy atom. The van der Waals surface area contributed by atoms with Crippen molar-refractivity contribution in [3.63, 3.8) is 0 Å². The van der Waals surface area contributed by atoms with Crippen molar-refractivity contribution in [3.05, 3.63) is 90.0 Å². The van der Waals surface area contributed by atoms with Crippen molar-refractivity contribution in [1.82, 2.24) is 20.6 Å². The molecule has 0 bridgehead atoms. The molecule has 3 rings (SSSR count). The van der Waals surface area contributed by atoms with Crippen molar-refractivity contribution in [3.8, 4) is 0 Å². The summed E-state index contributed by atoms with van der Waals surface area (Å²) in [7, 11) is 0. The zero-order chi connectivity index (χ0) is 29.1. The molecule has 0 unspecified atom stereocenters. The zero-order valence-electron chi connectivity index (χ0n) is 23.2. The number of carbonyl (C=O) groups is 3. The smallest absolute Gasteiger partial charge is 0.407 e. The summed E-state index contributed by atoms with van der Waals surface area (Å²) in [6.07, 6.45) is 2.14. The topological polar surface area (TPSA) is 159 Å². The van der Waals surface area contributed by atoms with Crippen LogP contribution in [0.3, 0.4) is 0 Å². The van der Waals surface area contributed by atoms with Crippen LogP contribution in [0.1, 0.15) is 44.1 Å². The molecule has 1 aromatic heterocycles. The Hall–Kier alpha value is -4.18. The molecule has 0 saturated carbocycles. The van der Waals surface area contributed by atoms with Gasteiger partial charge in [0.2, 0.25) is 11.8 Å². The van der Waals surface area contributed by atoms with Crippen LogP contribution in [0.5, 0.6) is 0 Å². The van der Waals surface area contributed by atoms with Gasteiger partial charge in [0, 0.05) is 24.7 Å². The number of ether oxygens (including phenoxy) is 1. The highest BCUT2D eigenvalue weighted by molar-refractivity contribution is 5.87. The number of rotatable bonds is 13. The molecule has 4 atom stereocenters. The van der Waals surface area contributed by atoms with Gasteiger partial charge >= 0.3 is 6.09 Å². The van der Waals surface area contributed by atoms with Gasteiger partial charge in [-0.25, -0.2) is 9.78 Å². The Morgan fingerprint density at radius 2 is 1.55 bits per heavy atom. The van der Waals surface area contributed by atoms with Crippen molar-refractivity contribution >= 4 is 17.9 Å². The normalized spacial score (nSPS) is 14.4. The standard InChI is InChI=1S/C30H39N5O5/c1-30(2,3)40-29(39)35-23(17-21-12-8-5-9-13-21)25(36)18-22(16-20-10-6-4-7-11-20)28(38)34-24(27(31)37)19-26-32-14-15-33-26/h4-15,22-25,36H,16-19H2,1-3H3,(H2,31,37)(H,32,33)(H,34,38)(H,35,39)/t22-,23-,24-,25-/m0/s1. The van der Waals surface area contributed by atoms with Gasteiger partial charge in [-0.3, -0.25) is 9.59 Å².